The summed E-state index contributed by atoms with van der Waals surface area (Å²) in [7, 11) is 0. The molecule has 0 aliphatic carbocycles. The van der Waals surface area contributed by atoms with Crippen LogP contribution in [-0.2, 0) is 4.79 Å². The van der Waals surface area contributed by atoms with Gasteiger partial charge in [0.1, 0.15) is 17.5 Å². The number of ether oxygens (including phenoxy) is 1. The van der Waals surface area contributed by atoms with Gasteiger partial charge >= 0.3 is 0 Å². The number of amides is 1. The molecule has 0 saturated carbocycles. The SMILES string of the molecule is Cc1cc(OC(C)C)cc(O)c1[C@@H]1CN[C@H](C(=O)N2CCC[C@H]2C#N)C1. The van der Waals surface area contributed by atoms with E-state index in [1.165, 1.54) is 0 Å². The van der Waals surface area contributed by atoms with Gasteiger partial charge in [0, 0.05) is 30.6 Å². The van der Waals surface area contributed by atoms with Crippen LogP contribution >= 0.6 is 0 Å². The zero-order chi connectivity index (χ0) is 18.8. The third kappa shape index (κ3) is 3.63. The topological polar surface area (TPSA) is 85.6 Å². The van der Waals surface area contributed by atoms with Crippen LogP contribution in [0.5, 0.6) is 11.5 Å². The first-order valence-corrected chi connectivity index (χ1v) is 9.34. The Morgan fingerprint density at radius 3 is 2.88 bits per heavy atom. The molecule has 0 aromatic heterocycles. The minimum Gasteiger partial charge on any atom is -0.508 e. The maximum absolute atomic E-state index is 12.8. The first-order valence-electron chi connectivity index (χ1n) is 9.34. The second kappa shape index (κ2) is 7.55. The number of nitrogens with zero attached hydrogens (tertiary/aromatic N) is 2. The van der Waals surface area contributed by atoms with E-state index in [4.69, 9.17) is 4.74 Å². The monoisotopic (exact) mass is 357 g/mol. The lowest BCUT2D eigenvalue weighted by molar-refractivity contribution is -0.133. The summed E-state index contributed by atoms with van der Waals surface area (Å²) in [6, 6.07) is 5.23. The van der Waals surface area contributed by atoms with E-state index in [0.29, 0.717) is 25.3 Å². The molecule has 0 spiro atoms. The lowest BCUT2D eigenvalue weighted by atomic mass is 9.91. The van der Waals surface area contributed by atoms with Gasteiger partial charge in [-0.3, -0.25) is 4.79 Å². The number of nitriles is 1. The molecule has 6 nitrogen and oxygen atoms in total. The number of phenols is 1. The van der Waals surface area contributed by atoms with Crippen LogP contribution in [0.4, 0.5) is 0 Å². The highest BCUT2D eigenvalue weighted by Gasteiger charge is 2.38. The molecule has 1 aromatic carbocycles. The minimum atomic E-state index is -0.300. The molecule has 2 N–H and O–H groups in total. The van der Waals surface area contributed by atoms with Crippen LogP contribution in [0.15, 0.2) is 12.1 Å². The smallest absolute Gasteiger partial charge is 0.240 e. The molecule has 2 heterocycles. The van der Waals surface area contributed by atoms with Crippen LogP contribution in [0.1, 0.15) is 50.2 Å². The molecular weight excluding hydrogens is 330 g/mol. The average molecular weight is 357 g/mol. The van der Waals surface area contributed by atoms with Crippen molar-refractivity contribution in [1.82, 2.24) is 10.2 Å². The largest absolute Gasteiger partial charge is 0.508 e. The molecule has 1 amide bonds. The van der Waals surface area contributed by atoms with Crippen LogP contribution in [0.3, 0.4) is 0 Å². The quantitative estimate of drug-likeness (QED) is 0.864. The Morgan fingerprint density at radius 1 is 1.46 bits per heavy atom. The Morgan fingerprint density at radius 2 is 2.23 bits per heavy atom. The average Bonchev–Trinajstić information content (AvgIpc) is 3.22. The number of hydrogen-bond acceptors (Lipinski definition) is 5. The summed E-state index contributed by atoms with van der Waals surface area (Å²) in [5.41, 5.74) is 1.85. The number of carbonyl (C=O) groups excluding carboxylic acids is 1. The highest BCUT2D eigenvalue weighted by atomic mass is 16.5. The van der Waals surface area contributed by atoms with Crippen molar-refractivity contribution in [3.05, 3.63) is 23.3 Å². The van der Waals surface area contributed by atoms with E-state index >= 15 is 0 Å². The number of benzene rings is 1. The van der Waals surface area contributed by atoms with Crippen molar-refractivity contribution >= 4 is 5.91 Å². The molecule has 2 saturated heterocycles. The summed E-state index contributed by atoms with van der Waals surface area (Å²) < 4.78 is 5.68. The summed E-state index contributed by atoms with van der Waals surface area (Å²) >= 11 is 0. The van der Waals surface area contributed by atoms with Gasteiger partial charge in [0.2, 0.25) is 5.91 Å². The predicted octanol–water partition coefficient (Wildman–Crippen LogP) is 2.45. The molecule has 0 radical (unpaired) electrons. The van der Waals surface area contributed by atoms with E-state index in [0.717, 1.165) is 24.0 Å². The van der Waals surface area contributed by atoms with Gasteiger partial charge in [0.05, 0.1) is 18.2 Å². The molecular formula is C20H27N3O3. The van der Waals surface area contributed by atoms with E-state index in [1.807, 2.05) is 26.8 Å². The molecule has 6 heteroatoms. The minimum absolute atomic E-state index is 0.00783. The van der Waals surface area contributed by atoms with Crippen molar-refractivity contribution in [3.63, 3.8) is 0 Å². The number of likely N-dealkylation sites (tertiary alicyclic amines) is 1. The lowest BCUT2D eigenvalue weighted by Gasteiger charge is -2.23. The first kappa shape index (κ1) is 18.5. The Labute approximate surface area is 154 Å². The third-order valence-electron chi connectivity index (χ3n) is 5.23. The van der Waals surface area contributed by atoms with Gasteiger partial charge in [-0.25, -0.2) is 0 Å². The fourth-order valence-electron chi connectivity index (χ4n) is 4.13. The van der Waals surface area contributed by atoms with Gasteiger partial charge < -0.3 is 20.1 Å². The number of aryl methyl sites for hydroxylation is 1. The molecule has 0 bridgehead atoms. The van der Waals surface area contributed by atoms with Crippen molar-refractivity contribution in [2.24, 2.45) is 0 Å². The van der Waals surface area contributed by atoms with Gasteiger partial charge in [0.25, 0.3) is 0 Å². The Balaban J connectivity index is 1.73. The van der Waals surface area contributed by atoms with E-state index < -0.39 is 0 Å². The van der Waals surface area contributed by atoms with Gasteiger partial charge in [-0.05, 0) is 51.7 Å². The number of aromatic hydroxyl groups is 1. The van der Waals surface area contributed by atoms with Crippen LogP contribution in [0.2, 0.25) is 0 Å². The van der Waals surface area contributed by atoms with Crippen LogP contribution in [0.25, 0.3) is 0 Å². The second-order valence-corrected chi connectivity index (χ2v) is 7.55. The first-order chi connectivity index (χ1) is 12.4. The fourth-order valence-corrected chi connectivity index (χ4v) is 4.13. The number of nitrogens with one attached hydrogen (secondary N) is 1. The van der Waals surface area contributed by atoms with Crippen molar-refractivity contribution in [2.75, 3.05) is 13.1 Å². The highest BCUT2D eigenvalue weighted by Crippen LogP contribution is 2.38. The van der Waals surface area contributed by atoms with E-state index in [2.05, 4.69) is 11.4 Å². The lowest BCUT2D eigenvalue weighted by Crippen LogP contribution is -2.45. The molecule has 2 fully saturated rings. The summed E-state index contributed by atoms with van der Waals surface area (Å²) in [4.78, 5) is 14.5. The second-order valence-electron chi connectivity index (χ2n) is 7.55. The van der Waals surface area contributed by atoms with Gasteiger partial charge in [-0.1, -0.05) is 0 Å². The van der Waals surface area contributed by atoms with Gasteiger partial charge in [-0.2, -0.15) is 5.26 Å². The summed E-state index contributed by atoms with van der Waals surface area (Å²) in [5, 5.41) is 23.0. The maximum atomic E-state index is 12.8. The maximum Gasteiger partial charge on any atom is 0.240 e. The van der Waals surface area contributed by atoms with Crippen molar-refractivity contribution in [2.45, 2.75) is 64.1 Å². The summed E-state index contributed by atoms with van der Waals surface area (Å²) in [5.74, 6) is 0.955. The molecule has 3 rings (SSSR count). The van der Waals surface area contributed by atoms with Gasteiger partial charge in [0.15, 0.2) is 0 Å². The summed E-state index contributed by atoms with van der Waals surface area (Å²) in [6.07, 6.45) is 2.32. The fraction of sp³-hybridized carbons (Fsp3) is 0.600. The molecule has 26 heavy (non-hydrogen) atoms. The van der Waals surface area contributed by atoms with E-state index in [9.17, 15) is 15.2 Å². The summed E-state index contributed by atoms with van der Waals surface area (Å²) in [6.45, 7) is 7.16. The number of hydrogen-bond donors (Lipinski definition) is 2. The number of phenolic OH excluding ortho intramolecular Hbond substituents is 1. The normalized spacial score (nSPS) is 25.5. The zero-order valence-electron chi connectivity index (χ0n) is 15.7. The molecule has 140 valence electrons. The van der Waals surface area contributed by atoms with Gasteiger partial charge in [-0.15, -0.1) is 0 Å². The molecule has 3 atom stereocenters. The van der Waals surface area contributed by atoms with Crippen molar-refractivity contribution in [1.29, 1.82) is 5.26 Å². The Hall–Kier alpha value is -2.26. The Bertz CT molecular complexity index is 702. The molecule has 0 unspecified atom stereocenters. The van der Waals surface area contributed by atoms with Crippen molar-refractivity contribution in [3.8, 4) is 17.6 Å². The molecule has 2 aliphatic heterocycles. The molecule has 2 aliphatic rings. The van der Waals surface area contributed by atoms with E-state index in [-0.39, 0.29) is 35.8 Å². The van der Waals surface area contributed by atoms with Crippen LogP contribution in [0, 0.1) is 18.3 Å². The van der Waals surface area contributed by atoms with Crippen LogP contribution < -0.4 is 10.1 Å². The van der Waals surface area contributed by atoms with Crippen molar-refractivity contribution < 1.29 is 14.6 Å². The third-order valence-corrected chi connectivity index (χ3v) is 5.23. The van der Waals surface area contributed by atoms with E-state index in [1.54, 1.807) is 11.0 Å². The van der Waals surface area contributed by atoms with Crippen LogP contribution in [-0.4, -0.2) is 47.2 Å². The molecule has 1 aromatic rings. The standard InChI is InChI=1S/C20H27N3O3/c1-12(2)26-16-7-13(3)19(18(24)9-16)14-8-17(22-11-14)20(25)23-6-4-5-15(23)10-21/h7,9,12,14-15,17,22,24H,4-6,8,11H2,1-3H3/t14-,15-,17-/m0/s1. The zero-order valence-corrected chi connectivity index (χ0v) is 15.7. The number of carbonyl (C=O) groups is 1. The highest BCUT2D eigenvalue weighted by molar-refractivity contribution is 5.83. The predicted molar refractivity (Wildman–Crippen MR) is 98.1 cm³/mol. The number of rotatable bonds is 4. The Kier molecular flexibility index (Phi) is 5.38.